The number of benzene rings is 1. The number of rotatable bonds is 3. The standard InChI is InChI=1S/C18H16Cl2FN5/c19-11-3-4-13(16(21)15(11)20)26-18-17-14(23-9-24-18)6-5-12(25-17)10-2-1-7-22-8-10/h3-6,9-10,22H,1-2,7-8H2,(H,23,24,26)/t10-/m1/s1. The molecule has 1 aromatic carbocycles. The second-order valence-corrected chi connectivity index (χ2v) is 7.00. The molecular weight excluding hydrogens is 376 g/mol. The van der Waals surface area contributed by atoms with Gasteiger partial charge in [-0.25, -0.2) is 19.3 Å². The van der Waals surface area contributed by atoms with Crippen LogP contribution in [0.2, 0.25) is 10.0 Å². The van der Waals surface area contributed by atoms with Gasteiger partial charge in [0.05, 0.1) is 21.2 Å². The Labute approximate surface area is 160 Å². The quantitative estimate of drug-likeness (QED) is 0.634. The number of nitrogens with zero attached hydrogens (tertiary/aromatic N) is 3. The van der Waals surface area contributed by atoms with Gasteiger partial charge in [0, 0.05) is 18.2 Å². The molecule has 0 radical (unpaired) electrons. The lowest BCUT2D eigenvalue weighted by Crippen LogP contribution is -2.28. The van der Waals surface area contributed by atoms with Gasteiger partial charge in [0.25, 0.3) is 0 Å². The number of hydrogen-bond donors (Lipinski definition) is 2. The van der Waals surface area contributed by atoms with Gasteiger partial charge >= 0.3 is 0 Å². The van der Waals surface area contributed by atoms with Crippen molar-refractivity contribution in [3.05, 3.63) is 52.1 Å². The summed E-state index contributed by atoms with van der Waals surface area (Å²) in [5.41, 5.74) is 2.46. The third-order valence-corrected chi connectivity index (χ3v) is 5.29. The van der Waals surface area contributed by atoms with Crippen LogP contribution in [0.4, 0.5) is 15.9 Å². The van der Waals surface area contributed by atoms with Crippen molar-refractivity contribution in [3.63, 3.8) is 0 Å². The van der Waals surface area contributed by atoms with E-state index in [4.69, 9.17) is 28.2 Å². The highest BCUT2D eigenvalue weighted by molar-refractivity contribution is 6.42. The number of pyridine rings is 1. The summed E-state index contributed by atoms with van der Waals surface area (Å²) in [5, 5.41) is 6.39. The fourth-order valence-electron chi connectivity index (χ4n) is 3.13. The van der Waals surface area contributed by atoms with Crippen molar-refractivity contribution in [2.45, 2.75) is 18.8 Å². The summed E-state index contributed by atoms with van der Waals surface area (Å²) < 4.78 is 14.4. The second kappa shape index (κ2) is 7.31. The number of nitrogens with one attached hydrogen (secondary N) is 2. The smallest absolute Gasteiger partial charge is 0.166 e. The van der Waals surface area contributed by atoms with Gasteiger partial charge < -0.3 is 10.6 Å². The molecule has 8 heteroatoms. The number of halogens is 3. The molecule has 2 N–H and O–H groups in total. The van der Waals surface area contributed by atoms with Crippen LogP contribution in [0.3, 0.4) is 0 Å². The zero-order chi connectivity index (χ0) is 18.1. The molecule has 1 saturated heterocycles. The maximum atomic E-state index is 14.4. The average Bonchev–Trinajstić information content (AvgIpc) is 2.69. The fourth-order valence-corrected chi connectivity index (χ4v) is 3.44. The van der Waals surface area contributed by atoms with E-state index in [-0.39, 0.29) is 15.7 Å². The molecule has 0 spiro atoms. The lowest BCUT2D eigenvalue weighted by atomic mass is 9.95. The molecule has 0 unspecified atom stereocenters. The third kappa shape index (κ3) is 3.32. The van der Waals surface area contributed by atoms with E-state index < -0.39 is 5.82 Å². The van der Waals surface area contributed by atoms with Gasteiger partial charge in [0.15, 0.2) is 11.6 Å². The van der Waals surface area contributed by atoms with Gasteiger partial charge in [-0.2, -0.15) is 0 Å². The highest BCUT2D eigenvalue weighted by Gasteiger charge is 2.18. The Morgan fingerprint density at radius 1 is 1.15 bits per heavy atom. The van der Waals surface area contributed by atoms with Crippen molar-refractivity contribution in [2.24, 2.45) is 0 Å². The summed E-state index contributed by atoms with van der Waals surface area (Å²) in [6, 6.07) is 6.97. The third-order valence-electron chi connectivity index (χ3n) is 4.51. The van der Waals surface area contributed by atoms with Gasteiger partial charge in [-0.05, 0) is 43.7 Å². The minimum absolute atomic E-state index is 0.128. The summed E-state index contributed by atoms with van der Waals surface area (Å²) in [7, 11) is 0. The second-order valence-electron chi connectivity index (χ2n) is 6.22. The van der Waals surface area contributed by atoms with Gasteiger partial charge in [-0.3, -0.25) is 0 Å². The van der Waals surface area contributed by atoms with Gasteiger partial charge in [-0.15, -0.1) is 0 Å². The molecule has 1 aliphatic heterocycles. The largest absolute Gasteiger partial charge is 0.336 e. The first-order valence-electron chi connectivity index (χ1n) is 8.36. The predicted octanol–water partition coefficient (Wildman–Crippen LogP) is 4.68. The minimum atomic E-state index is -0.626. The Morgan fingerprint density at radius 2 is 2.04 bits per heavy atom. The topological polar surface area (TPSA) is 62.7 Å². The van der Waals surface area contributed by atoms with Crippen LogP contribution in [0.25, 0.3) is 11.0 Å². The van der Waals surface area contributed by atoms with Crippen LogP contribution in [0.15, 0.2) is 30.6 Å². The maximum Gasteiger partial charge on any atom is 0.166 e. The van der Waals surface area contributed by atoms with Crippen molar-refractivity contribution in [3.8, 4) is 0 Å². The molecule has 1 atom stereocenters. The first kappa shape index (κ1) is 17.4. The average molecular weight is 392 g/mol. The molecule has 0 bridgehead atoms. The van der Waals surface area contributed by atoms with Crippen LogP contribution >= 0.6 is 23.2 Å². The SMILES string of the molecule is Fc1c(Nc2ncnc3ccc([C@@H]4CCCNC4)nc23)ccc(Cl)c1Cl. The van der Waals surface area contributed by atoms with Gasteiger partial charge in [0.1, 0.15) is 11.8 Å². The predicted molar refractivity (Wildman–Crippen MR) is 102 cm³/mol. The van der Waals surface area contributed by atoms with Crippen molar-refractivity contribution in [2.75, 3.05) is 18.4 Å². The van der Waals surface area contributed by atoms with E-state index in [1.807, 2.05) is 12.1 Å². The zero-order valence-corrected chi connectivity index (χ0v) is 15.3. The number of piperidine rings is 1. The lowest BCUT2D eigenvalue weighted by Gasteiger charge is -2.22. The highest BCUT2D eigenvalue weighted by atomic mass is 35.5. The van der Waals surface area contributed by atoms with E-state index in [0.29, 0.717) is 22.8 Å². The Morgan fingerprint density at radius 3 is 2.85 bits per heavy atom. The molecule has 134 valence electrons. The van der Waals surface area contributed by atoms with Crippen LogP contribution in [0, 0.1) is 5.82 Å². The van der Waals surface area contributed by atoms with E-state index in [1.54, 1.807) is 0 Å². The van der Waals surface area contributed by atoms with Crippen LogP contribution in [0.5, 0.6) is 0 Å². The van der Waals surface area contributed by atoms with Crippen molar-refractivity contribution in [1.82, 2.24) is 20.3 Å². The summed E-state index contributed by atoms with van der Waals surface area (Å²) >= 11 is 11.7. The van der Waals surface area contributed by atoms with Crippen LogP contribution in [-0.4, -0.2) is 28.0 Å². The molecule has 3 aromatic rings. The van der Waals surface area contributed by atoms with Crippen LogP contribution in [0.1, 0.15) is 24.5 Å². The van der Waals surface area contributed by atoms with E-state index >= 15 is 0 Å². The normalized spacial score (nSPS) is 17.4. The van der Waals surface area contributed by atoms with Crippen molar-refractivity contribution in [1.29, 1.82) is 0 Å². The monoisotopic (exact) mass is 391 g/mol. The molecule has 1 fully saturated rings. The molecule has 0 aliphatic carbocycles. The molecule has 26 heavy (non-hydrogen) atoms. The summed E-state index contributed by atoms with van der Waals surface area (Å²) in [6.45, 7) is 1.94. The van der Waals surface area contributed by atoms with E-state index in [0.717, 1.165) is 31.6 Å². The van der Waals surface area contributed by atoms with Gasteiger partial charge in [-0.1, -0.05) is 23.2 Å². The number of aromatic nitrogens is 3. The first-order chi connectivity index (χ1) is 12.6. The molecule has 2 aromatic heterocycles. The summed E-state index contributed by atoms with van der Waals surface area (Å²) in [6.07, 6.45) is 3.63. The van der Waals surface area contributed by atoms with E-state index in [1.165, 1.54) is 18.5 Å². The van der Waals surface area contributed by atoms with Crippen molar-refractivity contribution < 1.29 is 4.39 Å². The van der Waals surface area contributed by atoms with Crippen LogP contribution in [-0.2, 0) is 0 Å². The molecule has 5 nitrogen and oxygen atoms in total. The molecule has 1 aliphatic rings. The molecular formula is C18H16Cl2FN5. The zero-order valence-electron chi connectivity index (χ0n) is 13.8. The minimum Gasteiger partial charge on any atom is -0.336 e. The Kier molecular flexibility index (Phi) is 4.89. The van der Waals surface area contributed by atoms with E-state index in [2.05, 4.69) is 20.6 Å². The maximum absolute atomic E-state index is 14.4. The fraction of sp³-hybridized carbons (Fsp3) is 0.278. The lowest BCUT2D eigenvalue weighted by molar-refractivity contribution is 0.455. The van der Waals surface area contributed by atoms with E-state index in [9.17, 15) is 4.39 Å². The Hall–Kier alpha value is -2.02. The number of hydrogen-bond acceptors (Lipinski definition) is 5. The molecule has 0 amide bonds. The molecule has 3 heterocycles. The van der Waals surface area contributed by atoms with Gasteiger partial charge in [0.2, 0.25) is 0 Å². The Balaban J connectivity index is 1.74. The summed E-state index contributed by atoms with van der Waals surface area (Å²) in [5.74, 6) is 0.152. The number of fused-ring (bicyclic) bond motifs is 1. The number of anilines is 2. The highest BCUT2D eigenvalue weighted by Crippen LogP contribution is 2.32. The first-order valence-corrected chi connectivity index (χ1v) is 9.12. The molecule has 4 rings (SSSR count). The molecule has 0 saturated carbocycles. The summed E-state index contributed by atoms with van der Waals surface area (Å²) in [4.78, 5) is 13.2. The Bertz CT molecular complexity index is 960. The van der Waals surface area contributed by atoms with Crippen LogP contribution < -0.4 is 10.6 Å². The van der Waals surface area contributed by atoms with Crippen molar-refractivity contribution >= 4 is 45.7 Å².